The summed E-state index contributed by atoms with van der Waals surface area (Å²) in [5.74, 6) is 0.593. The molecule has 0 aliphatic carbocycles. The number of aromatic nitrogens is 2. The van der Waals surface area contributed by atoms with Crippen LogP contribution in [0.3, 0.4) is 0 Å². The van der Waals surface area contributed by atoms with Gasteiger partial charge < -0.3 is 20.1 Å². The van der Waals surface area contributed by atoms with Crippen LogP contribution in [0, 0.1) is 6.92 Å². The maximum atomic E-state index is 11.9. The van der Waals surface area contributed by atoms with Crippen molar-refractivity contribution in [2.45, 2.75) is 19.8 Å². The van der Waals surface area contributed by atoms with Gasteiger partial charge in [-0.2, -0.15) is 0 Å². The lowest BCUT2D eigenvalue weighted by molar-refractivity contribution is 0.206. The van der Waals surface area contributed by atoms with Crippen LogP contribution in [0.15, 0.2) is 10.9 Å². The van der Waals surface area contributed by atoms with Crippen molar-refractivity contribution < 1.29 is 4.79 Å². The van der Waals surface area contributed by atoms with Crippen LogP contribution < -0.4 is 10.9 Å². The summed E-state index contributed by atoms with van der Waals surface area (Å²) in [5.41, 5.74) is 0.519. The van der Waals surface area contributed by atoms with E-state index in [9.17, 15) is 9.59 Å². The fourth-order valence-electron chi connectivity index (χ4n) is 1.91. The van der Waals surface area contributed by atoms with Gasteiger partial charge in [0.25, 0.3) is 5.56 Å². The SMILES string of the molecule is Cc1cc(=O)[nH]c(CCNC(=O)N(C)CCCN(C)C)n1. The summed E-state index contributed by atoms with van der Waals surface area (Å²) >= 11 is 0. The summed E-state index contributed by atoms with van der Waals surface area (Å²) < 4.78 is 0. The standard InChI is InChI=1S/C14H25N5O2/c1-11-10-13(20)17-12(16-11)6-7-15-14(21)19(4)9-5-8-18(2)3/h10H,5-9H2,1-4H3,(H,15,21)(H,16,17,20). The number of aryl methyl sites for hydroxylation is 1. The summed E-state index contributed by atoms with van der Waals surface area (Å²) in [6.07, 6.45) is 1.44. The third kappa shape index (κ3) is 6.89. The number of nitrogens with one attached hydrogen (secondary N) is 2. The van der Waals surface area contributed by atoms with E-state index in [2.05, 4.69) is 20.2 Å². The van der Waals surface area contributed by atoms with Crippen LogP contribution in [-0.4, -0.2) is 66.6 Å². The third-order valence-corrected chi connectivity index (χ3v) is 3.00. The topological polar surface area (TPSA) is 81.3 Å². The normalized spacial score (nSPS) is 10.7. The largest absolute Gasteiger partial charge is 0.338 e. The predicted molar refractivity (Wildman–Crippen MR) is 82.5 cm³/mol. The number of carbonyl (C=O) groups excluding carboxylic acids is 1. The number of hydrogen-bond acceptors (Lipinski definition) is 4. The second-order valence-corrected chi connectivity index (χ2v) is 5.39. The first-order valence-corrected chi connectivity index (χ1v) is 7.09. The summed E-state index contributed by atoms with van der Waals surface area (Å²) in [5, 5.41) is 2.82. The van der Waals surface area contributed by atoms with Gasteiger partial charge in [0.2, 0.25) is 0 Å². The van der Waals surface area contributed by atoms with E-state index in [0.29, 0.717) is 31.0 Å². The Morgan fingerprint density at radius 1 is 1.33 bits per heavy atom. The molecule has 0 radical (unpaired) electrons. The monoisotopic (exact) mass is 295 g/mol. The van der Waals surface area contributed by atoms with Crippen LogP contribution >= 0.6 is 0 Å². The molecular formula is C14H25N5O2. The molecule has 0 bridgehead atoms. The summed E-state index contributed by atoms with van der Waals surface area (Å²) in [6, 6.07) is 1.34. The molecule has 0 aliphatic heterocycles. The van der Waals surface area contributed by atoms with Crippen molar-refractivity contribution in [1.29, 1.82) is 0 Å². The minimum absolute atomic E-state index is 0.108. The number of urea groups is 1. The zero-order chi connectivity index (χ0) is 15.8. The van der Waals surface area contributed by atoms with Crippen LogP contribution in [0.25, 0.3) is 0 Å². The number of carbonyl (C=O) groups is 1. The zero-order valence-corrected chi connectivity index (χ0v) is 13.3. The van der Waals surface area contributed by atoms with Crippen molar-refractivity contribution in [2.24, 2.45) is 0 Å². The van der Waals surface area contributed by atoms with Crippen molar-refractivity contribution in [3.63, 3.8) is 0 Å². The Kier molecular flexibility index (Phi) is 6.87. The fraction of sp³-hybridized carbons (Fsp3) is 0.643. The van der Waals surface area contributed by atoms with E-state index >= 15 is 0 Å². The van der Waals surface area contributed by atoms with E-state index in [4.69, 9.17) is 0 Å². The van der Waals surface area contributed by atoms with Gasteiger partial charge in [0, 0.05) is 38.3 Å². The number of hydrogen-bond donors (Lipinski definition) is 2. The van der Waals surface area contributed by atoms with Gasteiger partial charge in [0.05, 0.1) is 0 Å². The third-order valence-electron chi connectivity index (χ3n) is 3.00. The average Bonchev–Trinajstić information content (AvgIpc) is 2.36. The Hall–Kier alpha value is -1.89. The summed E-state index contributed by atoms with van der Waals surface area (Å²) in [6.45, 7) is 3.88. The van der Waals surface area contributed by atoms with E-state index in [1.165, 1.54) is 6.07 Å². The molecule has 1 rings (SSSR count). The fourth-order valence-corrected chi connectivity index (χ4v) is 1.91. The minimum atomic E-state index is -0.162. The molecule has 0 saturated heterocycles. The maximum absolute atomic E-state index is 11.9. The zero-order valence-electron chi connectivity index (χ0n) is 13.3. The van der Waals surface area contributed by atoms with Crippen molar-refractivity contribution in [1.82, 2.24) is 25.1 Å². The quantitative estimate of drug-likeness (QED) is 0.753. The maximum Gasteiger partial charge on any atom is 0.317 e. The van der Waals surface area contributed by atoms with Crippen molar-refractivity contribution in [3.8, 4) is 0 Å². The van der Waals surface area contributed by atoms with Gasteiger partial charge in [-0.1, -0.05) is 0 Å². The van der Waals surface area contributed by atoms with E-state index < -0.39 is 0 Å². The van der Waals surface area contributed by atoms with Crippen LogP contribution in [0.5, 0.6) is 0 Å². The lowest BCUT2D eigenvalue weighted by atomic mass is 10.3. The van der Waals surface area contributed by atoms with Crippen LogP contribution in [0.4, 0.5) is 4.79 Å². The first-order valence-electron chi connectivity index (χ1n) is 7.09. The Morgan fingerprint density at radius 3 is 2.67 bits per heavy atom. The minimum Gasteiger partial charge on any atom is -0.338 e. The number of rotatable bonds is 7. The van der Waals surface area contributed by atoms with Gasteiger partial charge in [-0.15, -0.1) is 0 Å². The van der Waals surface area contributed by atoms with Crippen molar-refractivity contribution in [2.75, 3.05) is 40.8 Å². The molecule has 0 atom stereocenters. The molecule has 21 heavy (non-hydrogen) atoms. The number of amides is 2. The van der Waals surface area contributed by atoms with Crippen LogP contribution in [-0.2, 0) is 6.42 Å². The molecule has 0 fully saturated rings. The predicted octanol–water partition coefficient (Wildman–Crippen LogP) is 0.214. The summed E-state index contributed by atoms with van der Waals surface area (Å²) in [7, 11) is 5.79. The molecule has 118 valence electrons. The van der Waals surface area contributed by atoms with Crippen molar-refractivity contribution >= 4 is 6.03 Å². The molecule has 7 nitrogen and oxygen atoms in total. The molecule has 2 amide bonds. The molecule has 2 N–H and O–H groups in total. The van der Waals surface area contributed by atoms with E-state index in [1.807, 2.05) is 14.1 Å². The van der Waals surface area contributed by atoms with Gasteiger partial charge in [0.1, 0.15) is 5.82 Å². The molecule has 0 spiro atoms. The first kappa shape index (κ1) is 17.2. The molecule has 0 aliphatic rings. The molecular weight excluding hydrogens is 270 g/mol. The number of nitrogens with zero attached hydrogens (tertiary/aromatic N) is 3. The van der Waals surface area contributed by atoms with Gasteiger partial charge in [-0.25, -0.2) is 9.78 Å². The van der Waals surface area contributed by atoms with Crippen molar-refractivity contribution in [3.05, 3.63) is 27.9 Å². The number of H-pyrrole nitrogens is 1. The van der Waals surface area contributed by atoms with E-state index in [-0.39, 0.29) is 11.6 Å². The highest BCUT2D eigenvalue weighted by Crippen LogP contribution is 1.93. The van der Waals surface area contributed by atoms with Gasteiger partial charge in [0.15, 0.2) is 0 Å². The highest BCUT2D eigenvalue weighted by Gasteiger charge is 2.07. The van der Waals surface area contributed by atoms with E-state index in [0.717, 1.165) is 13.0 Å². The van der Waals surface area contributed by atoms with Gasteiger partial charge >= 0.3 is 6.03 Å². The molecule has 0 saturated carbocycles. The Balaban J connectivity index is 2.30. The second kappa shape index (κ2) is 8.41. The molecule has 1 aromatic rings. The molecule has 7 heteroatoms. The lowest BCUT2D eigenvalue weighted by Crippen LogP contribution is -2.39. The van der Waals surface area contributed by atoms with E-state index in [1.54, 1.807) is 18.9 Å². The Morgan fingerprint density at radius 2 is 2.05 bits per heavy atom. The van der Waals surface area contributed by atoms with Gasteiger partial charge in [-0.3, -0.25) is 4.79 Å². The van der Waals surface area contributed by atoms with Gasteiger partial charge in [-0.05, 0) is 34.0 Å². The molecule has 1 heterocycles. The summed E-state index contributed by atoms with van der Waals surface area (Å²) in [4.78, 5) is 33.8. The highest BCUT2D eigenvalue weighted by molar-refractivity contribution is 5.73. The molecule has 1 aromatic heterocycles. The lowest BCUT2D eigenvalue weighted by Gasteiger charge is -2.19. The average molecular weight is 295 g/mol. The van der Waals surface area contributed by atoms with Crippen LogP contribution in [0.2, 0.25) is 0 Å². The smallest absolute Gasteiger partial charge is 0.317 e. The second-order valence-electron chi connectivity index (χ2n) is 5.39. The molecule has 0 unspecified atom stereocenters. The Bertz CT molecular complexity index is 512. The number of aromatic amines is 1. The molecule has 0 aromatic carbocycles. The highest BCUT2D eigenvalue weighted by atomic mass is 16.2. The first-order chi connectivity index (χ1) is 9.88. The van der Waals surface area contributed by atoms with Crippen LogP contribution in [0.1, 0.15) is 17.9 Å². The Labute approximate surface area is 125 Å².